The number of nitrogens with one attached hydrogen (secondary N) is 1. The number of halogens is 2. The van der Waals surface area contributed by atoms with Gasteiger partial charge in [-0.15, -0.1) is 0 Å². The Kier molecular flexibility index (Phi) is 5.45. The Morgan fingerprint density at radius 3 is 2.58 bits per heavy atom. The van der Waals surface area contributed by atoms with Gasteiger partial charge in [-0.25, -0.2) is 0 Å². The van der Waals surface area contributed by atoms with Crippen LogP contribution in [-0.4, -0.2) is 10.5 Å². The van der Waals surface area contributed by atoms with Crippen molar-refractivity contribution >= 4 is 34.8 Å². The molecule has 0 unspecified atom stereocenters. The number of pyridine rings is 1. The smallest absolute Gasteiger partial charge is 0.257 e. The van der Waals surface area contributed by atoms with E-state index in [4.69, 9.17) is 23.2 Å². The van der Waals surface area contributed by atoms with Gasteiger partial charge in [-0.3, -0.25) is 9.59 Å². The van der Waals surface area contributed by atoms with Crippen LogP contribution in [0.1, 0.15) is 21.5 Å². The van der Waals surface area contributed by atoms with Gasteiger partial charge >= 0.3 is 0 Å². The first kappa shape index (κ1) is 18.2. The highest BCUT2D eigenvalue weighted by Crippen LogP contribution is 2.22. The van der Waals surface area contributed by atoms with E-state index >= 15 is 0 Å². The lowest BCUT2D eigenvalue weighted by Crippen LogP contribution is -2.22. The van der Waals surface area contributed by atoms with E-state index in [0.29, 0.717) is 27.8 Å². The van der Waals surface area contributed by atoms with E-state index in [0.717, 1.165) is 11.1 Å². The number of hydrogen-bond acceptors (Lipinski definition) is 2. The molecule has 0 aliphatic carbocycles. The fourth-order valence-corrected chi connectivity index (χ4v) is 2.87. The number of aromatic nitrogens is 1. The first-order chi connectivity index (χ1) is 12.4. The number of hydrogen-bond donors (Lipinski definition) is 1. The molecule has 1 N–H and O–H groups in total. The third-order valence-electron chi connectivity index (χ3n) is 3.86. The topological polar surface area (TPSA) is 51.1 Å². The van der Waals surface area contributed by atoms with Crippen molar-refractivity contribution in [1.82, 2.24) is 4.57 Å². The third kappa shape index (κ3) is 4.34. The number of amides is 1. The van der Waals surface area contributed by atoms with Crippen molar-refractivity contribution in [2.75, 3.05) is 5.32 Å². The van der Waals surface area contributed by atoms with Gasteiger partial charge in [0.2, 0.25) is 0 Å². The summed E-state index contributed by atoms with van der Waals surface area (Å²) < 4.78 is 1.46. The van der Waals surface area contributed by atoms with Crippen LogP contribution in [0.4, 0.5) is 5.69 Å². The molecule has 6 heteroatoms. The lowest BCUT2D eigenvalue weighted by Gasteiger charge is -2.10. The Morgan fingerprint density at radius 1 is 1.04 bits per heavy atom. The maximum Gasteiger partial charge on any atom is 0.257 e. The molecule has 1 heterocycles. The number of benzene rings is 2. The number of carbonyl (C=O) groups excluding carboxylic acids is 1. The zero-order valence-corrected chi connectivity index (χ0v) is 15.5. The molecule has 1 amide bonds. The summed E-state index contributed by atoms with van der Waals surface area (Å²) in [5, 5.41) is 3.71. The van der Waals surface area contributed by atoms with Gasteiger partial charge in [-0.1, -0.05) is 41.4 Å². The van der Waals surface area contributed by atoms with Crippen LogP contribution >= 0.6 is 23.2 Å². The molecule has 1 aromatic heterocycles. The first-order valence-electron chi connectivity index (χ1n) is 7.95. The maximum atomic E-state index is 12.5. The second-order valence-corrected chi connectivity index (χ2v) is 6.77. The summed E-state index contributed by atoms with van der Waals surface area (Å²) >= 11 is 11.9. The Morgan fingerprint density at radius 2 is 1.85 bits per heavy atom. The number of aryl methyl sites for hydroxylation is 1. The number of nitrogens with zero attached hydrogens (tertiary/aromatic N) is 1. The largest absolute Gasteiger partial charge is 0.322 e. The molecule has 26 heavy (non-hydrogen) atoms. The molecule has 0 saturated carbocycles. The Hall–Kier alpha value is -2.56. The molecule has 0 bridgehead atoms. The van der Waals surface area contributed by atoms with Gasteiger partial charge < -0.3 is 9.88 Å². The van der Waals surface area contributed by atoms with Crippen molar-refractivity contribution < 1.29 is 4.79 Å². The van der Waals surface area contributed by atoms with Crippen LogP contribution in [-0.2, 0) is 6.54 Å². The number of rotatable bonds is 4. The summed E-state index contributed by atoms with van der Waals surface area (Å²) in [6.45, 7) is 2.24. The number of carbonyl (C=O) groups is 1. The lowest BCUT2D eigenvalue weighted by molar-refractivity contribution is 0.102. The van der Waals surface area contributed by atoms with Crippen LogP contribution in [0, 0.1) is 6.92 Å². The van der Waals surface area contributed by atoms with Gasteiger partial charge in [-0.05, 0) is 48.4 Å². The fraction of sp³-hybridized carbons (Fsp3) is 0.100. The molecule has 2 aromatic carbocycles. The Balaban J connectivity index is 1.83. The molecule has 4 nitrogen and oxygen atoms in total. The van der Waals surface area contributed by atoms with E-state index in [1.165, 1.54) is 22.9 Å². The first-order valence-corrected chi connectivity index (χ1v) is 8.70. The van der Waals surface area contributed by atoms with Crippen molar-refractivity contribution in [3.8, 4) is 0 Å². The van der Waals surface area contributed by atoms with Crippen LogP contribution in [0.15, 0.2) is 65.6 Å². The van der Waals surface area contributed by atoms with E-state index in [-0.39, 0.29) is 11.5 Å². The van der Waals surface area contributed by atoms with Crippen LogP contribution in [0.5, 0.6) is 0 Å². The Labute approximate surface area is 161 Å². The molecular weight excluding hydrogens is 371 g/mol. The molecule has 3 aromatic rings. The predicted molar refractivity (Wildman–Crippen MR) is 105 cm³/mol. The minimum atomic E-state index is -0.279. The van der Waals surface area contributed by atoms with E-state index < -0.39 is 0 Å². The van der Waals surface area contributed by atoms with E-state index in [2.05, 4.69) is 5.32 Å². The Bertz CT molecular complexity index is 1030. The van der Waals surface area contributed by atoms with Gasteiger partial charge in [0.25, 0.3) is 11.5 Å². The minimum absolute atomic E-state index is 0.205. The average Bonchev–Trinajstić information content (AvgIpc) is 2.60. The molecule has 0 aliphatic heterocycles. The van der Waals surface area contributed by atoms with Crippen molar-refractivity contribution in [3.05, 3.63) is 97.9 Å². The molecule has 0 atom stereocenters. The second kappa shape index (κ2) is 7.77. The van der Waals surface area contributed by atoms with Crippen molar-refractivity contribution in [1.29, 1.82) is 0 Å². The van der Waals surface area contributed by atoms with Crippen LogP contribution < -0.4 is 10.9 Å². The van der Waals surface area contributed by atoms with Gasteiger partial charge in [-0.2, -0.15) is 0 Å². The van der Waals surface area contributed by atoms with Crippen molar-refractivity contribution in [2.24, 2.45) is 0 Å². The monoisotopic (exact) mass is 386 g/mol. The highest BCUT2D eigenvalue weighted by molar-refractivity contribution is 6.42. The van der Waals surface area contributed by atoms with Gasteiger partial charge in [0, 0.05) is 18.0 Å². The summed E-state index contributed by atoms with van der Waals surface area (Å²) in [6.07, 6.45) is 1.54. The van der Waals surface area contributed by atoms with Crippen molar-refractivity contribution in [3.63, 3.8) is 0 Å². The lowest BCUT2D eigenvalue weighted by atomic mass is 10.2. The molecule has 3 rings (SSSR count). The summed E-state index contributed by atoms with van der Waals surface area (Å²) in [7, 11) is 0. The van der Waals surface area contributed by atoms with Crippen LogP contribution in [0.25, 0.3) is 0 Å². The molecule has 0 radical (unpaired) electrons. The zero-order valence-electron chi connectivity index (χ0n) is 14.0. The molecule has 0 saturated heterocycles. The van der Waals surface area contributed by atoms with E-state index in [1.54, 1.807) is 18.2 Å². The molecule has 132 valence electrons. The van der Waals surface area contributed by atoms with Gasteiger partial charge in [0.1, 0.15) is 0 Å². The maximum absolute atomic E-state index is 12.5. The quantitative estimate of drug-likeness (QED) is 0.702. The van der Waals surface area contributed by atoms with E-state index in [9.17, 15) is 9.59 Å². The van der Waals surface area contributed by atoms with Crippen LogP contribution in [0.2, 0.25) is 10.0 Å². The molecule has 0 fully saturated rings. The number of anilines is 1. The van der Waals surface area contributed by atoms with Gasteiger partial charge in [0.05, 0.1) is 22.2 Å². The highest BCUT2D eigenvalue weighted by Gasteiger charge is 2.09. The van der Waals surface area contributed by atoms with Crippen molar-refractivity contribution in [2.45, 2.75) is 13.5 Å². The summed E-state index contributed by atoms with van der Waals surface area (Å²) in [6, 6.07) is 15.6. The molecule has 0 spiro atoms. The summed E-state index contributed by atoms with van der Waals surface area (Å²) in [5.41, 5.74) is 2.76. The van der Waals surface area contributed by atoms with Gasteiger partial charge in [0.15, 0.2) is 0 Å². The molecule has 0 aliphatic rings. The summed E-state index contributed by atoms with van der Waals surface area (Å²) in [5.74, 6) is -0.279. The standard InChI is InChI=1S/C20H16Cl2N2O2/c1-13-3-2-4-16(9-13)23-20(26)15-6-8-19(25)24(12-15)11-14-5-7-17(21)18(22)10-14/h2-10,12H,11H2,1H3,(H,23,26). The molecular formula is C20H16Cl2N2O2. The summed E-state index contributed by atoms with van der Waals surface area (Å²) in [4.78, 5) is 24.6. The van der Waals surface area contributed by atoms with Crippen LogP contribution in [0.3, 0.4) is 0 Å². The SMILES string of the molecule is Cc1cccc(NC(=O)c2ccc(=O)n(Cc3ccc(Cl)c(Cl)c3)c2)c1. The predicted octanol–water partition coefficient (Wildman–Crippen LogP) is 4.76. The average molecular weight is 387 g/mol. The normalized spacial score (nSPS) is 10.6. The highest BCUT2D eigenvalue weighted by atomic mass is 35.5. The fourth-order valence-electron chi connectivity index (χ4n) is 2.55. The van der Waals surface area contributed by atoms with E-state index in [1.807, 2.05) is 31.2 Å². The third-order valence-corrected chi connectivity index (χ3v) is 4.60. The zero-order chi connectivity index (χ0) is 18.7. The second-order valence-electron chi connectivity index (χ2n) is 5.96. The minimum Gasteiger partial charge on any atom is -0.322 e.